The van der Waals surface area contributed by atoms with Gasteiger partial charge in [-0.2, -0.15) is 5.26 Å². The molecule has 0 amide bonds. The molecule has 2 rings (SSSR count). The van der Waals surface area contributed by atoms with Crippen LogP contribution in [0.25, 0.3) is 5.69 Å². The molecule has 0 bridgehead atoms. The summed E-state index contributed by atoms with van der Waals surface area (Å²) in [7, 11) is 0. The van der Waals surface area contributed by atoms with Gasteiger partial charge in [-0.3, -0.25) is 10.1 Å². The first-order chi connectivity index (χ1) is 9.24. The Balaban J connectivity index is 2.42. The van der Waals surface area contributed by atoms with Crippen LogP contribution in [0.3, 0.4) is 0 Å². The number of anilines is 1. The second kappa shape index (κ2) is 5.64. The molecule has 2 aromatic rings. The summed E-state index contributed by atoms with van der Waals surface area (Å²) < 4.78 is 1.58. The summed E-state index contributed by atoms with van der Waals surface area (Å²) in [5, 5.41) is 22.6. The highest BCUT2D eigenvalue weighted by Crippen LogP contribution is 2.31. The number of nitrogens with one attached hydrogen (secondary N) is 1. The molecule has 0 unspecified atom stereocenters. The molecule has 0 atom stereocenters. The van der Waals surface area contributed by atoms with Crippen LogP contribution in [0, 0.1) is 21.4 Å². The van der Waals surface area contributed by atoms with Crippen molar-refractivity contribution in [1.29, 1.82) is 5.26 Å². The number of nitriles is 1. The van der Waals surface area contributed by atoms with E-state index in [2.05, 4.69) is 10.3 Å². The van der Waals surface area contributed by atoms with Gasteiger partial charge in [0, 0.05) is 18.9 Å². The van der Waals surface area contributed by atoms with E-state index >= 15 is 0 Å². The molecule has 1 aromatic heterocycles. The van der Waals surface area contributed by atoms with Gasteiger partial charge in [0.2, 0.25) is 0 Å². The average molecular weight is 257 g/mol. The van der Waals surface area contributed by atoms with Crippen molar-refractivity contribution in [2.75, 3.05) is 11.9 Å². The second-order valence-corrected chi connectivity index (χ2v) is 3.74. The minimum absolute atomic E-state index is 0.0292. The van der Waals surface area contributed by atoms with Crippen molar-refractivity contribution in [1.82, 2.24) is 9.55 Å². The first-order valence-electron chi connectivity index (χ1n) is 5.60. The predicted molar refractivity (Wildman–Crippen MR) is 68.9 cm³/mol. The Kier molecular flexibility index (Phi) is 3.73. The maximum atomic E-state index is 11.2. The third-order valence-corrected chi connectivity index (χ3v) is 2.53. The summed E-state index contributed by atoms with van der Waals surface area (Å²) in [5.74, 6) is 0. The van der Waals surface area contributed by atoms with E-state index in [0.717, 1.165) is 0 Å². The van der Waals surface area contributed by atoms with Gasteiger partial charge in [-0.25, -0.2) is 4.98 Å². The summed E-state index contributed by atoms with van der Waals surface area (Å²) in [6, 6.07) is 6.97. The molecule has 0 fully saturated rings. The highest BCUT2D eigenvalue weighted by atomic mass is 16.6. The highest BCUT2D eigenvalue weighted by Gasteiger charge is 2.20. The molecule has 7 nitrogen and oxygen atoms in total. The van der Waals surface area contributed by atoms with Crippen molar-refractivity contribution in [2.24, 2.45) is 0 Å². The molecule has 7 heteroatoms. The number of hydrogen-bond donors (Lipinski definition) is 1. The number of nitrogens with zero attached hydrogens (tertiary/aromatic N) is 4. The number of rotatable bonds is 5. The molecule has 1 heterocycles. The van der Waals surface area contributed by atoms with E-state index in [1.807, 2.05) is 6.07 Å². The third-order valence-electron chi connectivity index (χ3n) is 2.53. The lowest BCUT2D eigenvalue weighted by Gasteiger charge is -2.09. The van der Waals surface area contributed by atoms with E-state index in [0.29, 0.717) is 17.9 Å². The molecule has 0 saturated heterocycles. The normalized spacial score (nSPS) is 9.84. The summed E-state index contributed by atoms with van der Waals surface area (Å²) >= 11 is 0. The van der Waals surface area contributed by atoms with Gasteiger partial charge in [0.15, 0.2) is 0 Å². The lowest BCUT2D eigenvalue weighted by Crippen LogP contribution is -2.06. The molecular formula is C12H11N5O2. The predicted octanol–water partition coefficient (Wildman–Crippen LogP) is 2.11. The van der Waals surface area contributed by atoms with Crippen LogP contribution in [0.1, 0.15) is 6.42 Å². The number of nitro benzene ring substituents is 1. The number of imidazole rings is 1. The minimum Gasteiger partial charge on any atom is -0.378 e. The zero-order valence-corrected chi connectivity index (χ0v) is 9.98. The Labute approximate surface area is 109 Å². The van der Waals surface area contributed by atoms with Crippen molar-refractivity contribution in [3.05, 3.63) is 47.0 Å². The van der Waals surface area contributed by atoms with Crippen molar-refractivity contribution in [3.8, 4) is 11.8 Å². The monoisotopic (exact) mass is 257 g/mol. The van der Waals surface area contributed by atoms with Crippen LogP contribution in [-0.2, 0) is 0 Å². The summed E-state index contributed by atoms with van der Waals surface area (Å²) in [5.41, 5.74) is 0.800. The number of aromatic nitrogens is 2. The molecule has 19 heavy (non-hydrogen) atoms. The molecule has 0 aliphatic carbocycles. The quantitative estimate of drug-likeness (QED) is 0.502. The van der Waals surface area contributed by atoms with Crippen LogP contribution >= 0.6 is 0 Å². The Morgan fingerprint density at radius 2 is 2.37 bits per heavy atom. The van der Waals surface area contributed by atoms with Crippen LogP contribution in [0.2, 0.25) is 0 Å². The second-order valence-electron chi connectivity index (χ2n) is 3.74. The minimum atomic E-state index is -0.440. The van der Waals surface area contributed by atoms with Gasteiger partial charge in [0.1, 0.15) is 11.4 Å². The number of nitro groups is 1. The summed E-state index contributed by atoms with van der Waals surface area (Å²) in [6.07, 6.45) is 4.98. The molecular weight excluding hydrogens is 246 g/mol. The fraction of sp³-hybridized carbons (Fsp3) is 0.167. The fourth-order valence-electron chi connectivity index (χ4n) is 1.73. The Bertz CT molecular complexity index is 616. The van der Waals surface area contributed by atoms with Crippen LogP contribution in [0.15, 0.2) is 36.9 Å². The lowest BCUT2D eigenvalue weighted by atomic mass is 10.2. The van der Waals surface area contributed by atoms with E-state index in [1.165, 1.54) is 6.33 Å². The van der Waals surface area contributed by atoms with Crippen LogP contribution in [0.4, 0.5) is 11.4 Å². The molecule has 1 aromatic carbocycles. The zero-order chi connectivity index (χ0) is 13.7. The largest absolute Gasteiger partial charge is 0.378 e. The van der Waals surface area contributed by atoms with Gasteiger partial charge < -0.3 is 9.88 Å². The van der Waals surface area contributed by atoms with Crippen molar-refractivity contribution < 1.29 is 4.92 Å². The van der Waals surface area contributed by atoms with Crippen molar-refractivity contribution >= 4 is 11.4 Å². The number of para-hydroxylation sites is 1. The molecule has 0 spiro atoms. The van der Waals surface area contributed by atoms with Gasteiger partial charge >= 0.3 is 5.69 Å². The SMILES string of the molecule is N#CCCNc1cccc(-n2ccnc2)c1[N+](=O)[O-]. The highest BCUT2D eigenvalue weighted by molar-refractivity contribution is 5.71. The molecule has 96 valence electrons. The first kappa shape index (κ1) is 12.6. The lowest BCUT2D eigenvalue weighted by molar-refractivity contribution is -0.383. The van der Waals surface area contributed by atoms with Gasteiger partial charge in [0.05, 0.1) is 23.7 Å². The van der Waals surface area contributed by atoms with Gasteiger partial charge in [-0.15, -0.1) is 0 Å². The first-order valence-corrected chi connectivity index (χ1v) is 5.60. The molecule has 0 radical (unpaired) electrons. The number of hydrogen-bond acceptors (Lipinski definition) is 5. The van der Waals surface area contributed by atoms with Gasteiger partial charge in [-0.1, -0.05) is 6.07 Å². The molecule has 0 saturated carbocycles. The zero-order valence-electron chi connectivity index (χ0n) is 9.98. The Morgan fingerprint density at radius 1 is 1.53 bits per heavy atom. The fourth-order valence-corrected chi connectivity index (χ4v) is 1.73. The van der Waals surface area contributed by atoms with Gasteiger partial charge in [0.25, 0.3) is 0 Å². The van der Waals surface area contributed by atoms with Crippen molar-refractivity contribution in [3.63, 3.8) is 0 Å². The standard InChI is InChI=1S/C12H11N5O2/c13-5-2-6-15-10-3-1-4-11(12(10)17(18)19)16-8-7-14-9-16/h1,3-4,7-9,15H,2,6H2. The smallest absolute Gasteiger partial charge is 0.316 e. The topological polar surface area (TPSA) is 96.8 Å². The Morgan fingerprint density at radius 3 is 3.00 bits per heavy atom. The summed E-state index contributed by atoms with van der Waals surface area (Å²) in [4.78, 5) is 14.7. The number of benzene rings is 1. The van der Waals surface area contributed by atoms with E-state index in [1.54, 1.807) is 35.2 Å². The van der Waals surface area contributed by atoms with Crippen LogP contribution < -0.4 is 5.32 Å². The van der Waals surface area contributed by atoms with Crippen LogP contribution in [0.5, 0.6) is 0 Å². The van der Waals surface area contributed by atoms with Crippen LogP contribution in [-0.4, -0.2) is 21.0 Å². The molecule has 0 aliphatic rings. The summed E-state index contributed by atoms with van der Waals surface area (Å²) in [6.45, 7) is 0.366. The molecule has 0 aliphatic heterocycles. The van der Waals surface area contributed by atoms with E-state index in [4.69, 9.17) is 5.26 Å². The maximum Gasteiger partial charge on any atom is 0.316 e. The van der Waals surface area contributed by atoms with E-state index in [9.17, 15) is 10.1 Å². The Hall–Kier alpha value is -2.88. The van der Waals surface area contributed by atoms with E-state index in [-0.39, 0.29) is 12.1 Å². The van der Waals surface area contributed by atoms with E-state index < -0.39 is 4.92 Å². The maximum absolute atomic E-state index is 11.2. The van der Waals surface area contributed by atoms with Gasteiger partial charge in [-0.05, 0) is 12.1 Å². The molecule has 1 N–H and O–H groups in total. The third kappa shape index (κ3) is 2.69. The van der Waals surface area contributed by atoms with Crippen molar-refractivity contribution in [2.45, 2.75) is 6.42 Å². The average Bonchev–Trinajstić information content (AvgIpc) is 2.92.